The van der Waals surface area contributed by atoms with Gasteiger partial charge in [-0.3, -0.25) is 0 Å². The molecule has 20 heavy (non-hydrogen) atoms. The van der Waals surface area contributed by atoms with Crippen LogP contribution in [0, 0.1) is 0 Å². The van der Waals surface area contributed by atoms with Crippen molar-refractivity contribution in [1.82, 2.24) is 9.29 Å². The van der Waals surface area contributed by atoms with Gasteiger partial charge in [0.25, 0.3) is 0 Å². The molecule has 0 radical (unpaired) electrons. The highest BCUT2D eigenvalue weighted by Gasteiger charge is 2.37. The van der Waals surface area contributed by atoms with Crippen molar-refractivity contribution in [3.8, 4) is 0 Å². The molecule has 0 aromatic carbocycles. The number of pyridine rings is 1. The van der Waals surface area contributed by atoms with Gasteiger partial charge in [-0.05, 0) is 26.8 Å². The molecule has 2 heterocycles. The minimum Gasteiger partial charge on any atom is -0.373 e. The third kappa shape index (κ3) is 3.11. The predicted molar refractivity (Wildman–Crippen MR) is 77.2 cm³/mol. The summed E-state index contributed by atoms with van der Waals surface area (Å²) in [6.07, 6.45) is 1.37. The molecule has 1 unspecified atom stereocenters. The van der Waals surface area contributed by atoms with Crippen molar-refractivity contribution in [2.24, 2.45) is 0 Å². The van der Waals surface area contributed by atoms with Gasteiger partial charge in [0.15, 0.2) is 0 Å². The summed E-state index contributed by atoms with van der Waals surface area (Å²) in [5.74, 6) is 0.534. The first kappa shape index (κ1) is 15.2. The Labute approximate surface area is 120 Å². The van der Waals surface area contributed by atoms with Crippen LogP contribution in [0.1, 0.15) is 20.8 Å². The molecule has 1 N–H and O–H groups in total. The van der Waals surface area contributed by atoms with Gasteiger partial charge in [-0.1, -0.05) is 0 Å². The fourth-order valence-corrected chi connectivity index (χ4v) is 4.11. The maximum absolute atomic E-state index is 12.7. The largest absolute Gasteiger partial charge is 0.373 e. The number of nitrogens with one attached hydrogen (secondary N) is 1. The summed E-state index contributed by atoms with van der Waals surface area (Å²) in [5, 5.41) is 2.85. The Morgan fingerprint density at radius 1 is 1.50 bits per heavy atom. The van der Waals surface area contributed by atoms with Crippen molar-refractivity contribution >= 4 is 15.8 Å². The molecule has 1 atom stereocenters. The summed E-state index contributed by atoms with van der Waals surface area (Å²) >= 11 is 0. The number of ether oxygens (including phenoxy) is 1. The minimum absolute atomic E-state index is 0.126. The zero-order chi connectivity index (χ0) is 15.0. The highest BCUT2D eigenvalue weighted by Crippen LogP contribution is 2.26. The van der Waals surface area contributed by atoms with Gasteiger partial charge in [-0.25, -0.2) is 13.4 Å². The van der Waals surface area contributed by atoms with Crippen LogP contribution < -0.4 is 5.32 Å². The molecule has 1 saturated heterocycles. The number of anilines is 1. The first-order valence-corrected chi connectivity index (χ1v) is 8.00. The van der Waals surface area contributed by atoms with Gasteiger partial charge < -0.3 is 10.1 Å². The van der Waals surface area contributed by atoms with E-state index in [1.165, 1.54) is 16.6 Å². The number of nitrogens with zero attached hydrogens (tertiary/aromatic N) is 2. The van der Waals surface area contributed by atoms with Crippen molar-refractivity contribution in [2.45, 2.75) is 37.4 Å². The lowest BCUT2D eigenvalue weighted by Crippen LogP contribution is -2.53. The van der Waals surface area contributed by atoms with Crippen LogP contribution in [0.15, 0.2) is 23.2 Å². The Kier molecular flexibility index (Phi) is 4.04. The molecule has 0 spiro atoms. The predicted octanol–water partition coefficient (Wildman–Crippen LogP) is 1.31. The van der Waals surface area contributed by atoms with Crippen LogP contribution in [0.5, 0.6) is 0 Å². The van der Waals surface area contributed by atoms with Crippen LogP contribution in [0.25, 0.3) is 0 Å². The quantitative estimate of drug-likeness (QED) is 0.911. The third-order valence-electron chi connectivity index (χ3n) is 3.16. The summed E-state index contributed by atoms with van der Waals surface area (Å²) in [6.45, 7) is 6.39. The Balaban J connectivity index is 2.34. The van der Waals surface area contributed by atoms with Crippen molar-refractivity contribution in [3.63, 3.8) is 0 Å². The molecule has 6 nitrogen and oxygen atoms in total. The van der Waals surface area contributed by atoms with E-state index in [1.54, 1.807) is 13.1 Å². The molecule has 1 aromatic rings. The number of rotatable bonds is 3. The molecule has 7 heteroatoms. The second-order valence-electron chi connectivity index (χ2n) is 5.61. The van der Waals surface area contributed by atoms with Crippen molar-refractivity contribution in [2.75, 3.05) is 25.5 Å². The highest BCUT2D eigenvalue weighted by atomic mass is 32.2. The first-order valence-electron chi connectivity index (χ1n) is 6.56. The van der Waals surface area contributed by atoms with Gasteiger partial charge in [-0.15, -0.1) is 0 Å². The monoisotopic (exact) mass is 299 g/mol. The van der Waals surface area contributed by atoms with E-state index in [-0.39, 0.29) is 11.0 Å². The van der Waals surface area contributed by atoms with E-state index in [2.05, 4.69) is 10.3 Å². The summed E-state index contributed by atoms with van der Waals surface area (Å²) in [7, 11) is -1.82. The molecule has 0 saturated carbocycles. The molecule has 112 valence electrons. The van der Waals surface area contributed by atoms with Crippen LogP contribution >= 0.6 is 0 Å². The van der Waals surface area contributed by atoms with Crippen LogP contribution in [0.4, 0.5) is 5.82 Å². The van der Waals surface area contributed by atoms with Gasteiger partial charge >= 0.3 is 0 Å². The average molecular weight is 299 g/mol. The summed E-state index contributed by atoms with van der Waals surface area (Å²) in [4.78, 5) is 4.29. The molecule has 1 aliphatic heterocycles. The number of sulfonamides is 1. The lowest BCUT2D eigenvalue weighted by atomic mass is 10.1. The molecular weight excluding hydrogens is 278 g/mol. The van der Waals surface area contributed by atoms with E-state index >= 15 is 0 Å². The van der Waals surface area contributed by atoms with Crippen LogP contribution in [0.3, 0.4) is 0 Å². The second-order valence-corrected chi connectivity index (χ2v) is 7.55. The smallest absolute Gasteiger partial charge is 0.243 e. The van der Waals surface area contributed by atoms with E-state index < -0.39 is 15.6 Å². The Morgan fingerprint density at radius 2 is 2.20 bits per heavy atom. The normalized spacial score (nSPS) is 23.5. The number of aromatic nitrogens is 1. The summed E-state index contributed by atoms with van der Waals surface area (Å²) < 4.78 is 32.6. The van der Waals surface area contributed by atoms with E-state index in [4.69, 9.17) is 4.74 Å². The molecule has 0 aliphatic carbocycles. The topological polar surface area (TPSA) is 71.5 Å². The van der Waals surface area contributed by atoms with Gasteiger partial charge in [0.1, 0.15) is 5.82 Å². The van der Waals surface area contributed by atoms with Gasteiger partial charge in [0.05, 0.1) is 16.6 Å². The van der Waals surface area contributed by atoms with Crippen LogP contribution in [-0.4, -0.2) is 49.5 Å². The van der Waals surface area contributed by atoms with Crippen molar-refractivity contribution < 1.29 is 13.2 Å². The number of hydrogen-bond acceptors (Lipinski definition) is 5. The van der Waals surface area contributed by atoms with Crippen LogP contribution in [-0.2, 0) is 14.8 Å². The zero-order valence-corrected chi connectivity index (χ0v) is 13.1. The molecule has 1 fully saturated rings. The standard InChI is InChI=1S/C13H21N3O3S/c1-10-8-16(9-13(2,3)19-10)20(17,18)11-5-6-15-12(7-11)14-4/h5-7,10H,8-9H2,1-4H3,(H,14,15). The molecule has 1 aromatic heterocycles. The van der Waals surface area contributed by atoms with Gasteiger partial charge in [0, 0.05) is 32.4 Å². The minimum atomic E-state index is -3.53. The zero-order valence-electron chi connectivity index (χ0n) is 12.3. The van der Waals surface area contributed by atoms with E-state index in [1.807, 2.05) is 20.8 Å². The van der Waals surface area contributed by atoms with Crippen LogP contribution in [0.2, 0.25) is 0 Å². The summed E-state index contributed by atoms with van der Waals surface area (Å²) in [5.41, 5.74) is -0.483. The lowest BCUT2D eigenvalue weighted by molar-refractivity contribution is -0.109. The molecule has 0 bridgehead atoms. The molecular formula is C13H21N3O3S. The van der Waals surface area contributed by atoms with E-state index in [0.717, 1.165) is 0 Å². The maximum atomic E-state index is 12.7. The fourth-order valence-electron chi connectivity index (χ4n) is 2.44. The van der Waals surface area contributed by atoms with E-state index in [0.29, 0.717) is 18.9 Å². The Bertz CT molecular complexity index is 586. The molecule has 2 rings (SSSR count). The van der Waals surface area contributed by atoms with Crippen molar-refractivity contribution in [1.29, 1.82) is 0 Å². The third-order valence-corrected chi connectivity index (χ3v) is 4.97. The Morgan fingerprint density at radius 3 is 2.80 bits per heavy atom. The van der Waals surface area contributed by atoms with Gasteiger partial charge in [0.2, 0.25) is 10.0 Å². The summed E-state index contributed by atoms with van der Waals surface area (Å²) in [6, 6.07) is 3.06. The highest BCUT2D eigenvalue weighted by molar-refractivity contribution is 7.89. The average Bonchev–Trinajstić information content (AvgIpc) is 2.36. The molecule has 0 amide bonds. The lowest BCUT2D eigenvalue weighted by Gasteiger charge is -2.40. The maximum Gasteiger partial charge on any atom is 0.243 e. The first-order chi connectivity index (χ1) is 9.24. The van der Waals surface area contributed by atoms with Crippen molar-refractivity contribution in [3.05, 3.63) is 18.3 Å². The van der Waals surface area contributed by atoms with E-state index in [9.17, 15) is 8.42 Å². The fraction of sp³-hybridized carbons (Fsp3) is 0.615. The Hall–Kier alpha value is -1.18. The number of hydrogen-bond donors (Lipinski definition) is 1. The number of morpholine rings is 1. The van der Waals surface area contributed by atoms with Gasteiger partial charge in [-0.2, -0.15) is 4.31 Å². The molecule has 1 aliphatic rings. The second kappa shape index (κ2) is 5.31. The SMILES string of the molecule is CNc1cc(S(=O)(=O)N2CC(C)OC(C)(C)C2)ccn1.